The molecule has 5 rings (SSSR count). The molecule has 184 valence electrons. The third kappa shape index (κ3) is 5.51. The van der Waals surface area contributed by atoms with Crippen LogP contribution in [0.5, 0.6) is 6.01 Å². The number of rotatable bonds is 8. The Bertz CT molecular complexity index is 1360. The summed E-state index contributed by atoms with van der Waals surface area (Å²) in [4.78, 5) is 27.8. The van der Waals surface area contributed by atoms with Gasteiger partial charge in [0.2, 0.25) is 11.9 Å². The Balaban J connectivity index is 1.35. The zero-order valence-electron chi connectivity index (χ0n) is 20.3. The van der Waals surface area contributed by atoms with Gasteiger partial charge in [-0.05, 0) is 30.9 Å². The normalized spacial score (nSPS) is 13.9. The maximum atomic E-state index is 12.0. The minimum atomic E-state index is -0.0558. The van der Waals surface area contributed by atoms with Gasteiger partial charge < -0.3 is 9.64 Å². The van der Waals surface area contributed by atoms with Crippen molar-refractivity contribution in [2.75, 3.05) is 30.0 Å². The summed E-state index contributed by atoms with van der Waals surface area (Å²) in [6.07, 6.45) is 7.64. The molecule has 2 aromatic heterocycles. The fourth-order valence-electron chi connectivity index (χ4n) is 4.33. The Morgan fingerprint density at radius 3 is 2.61 bits per heavy atom. The van der Waals surface area contributed by atoms with E-state index in [1.165, 1.54) is 18.9 Å². The average molecular weight is 484 g/mol. The van der Waals surface area contributed by atoms with Crippen molar-refractivity contribution >= 4 is 34.9 Å². The van der Waals surface area contributed by atoms with Gasteiger partial charge in [-0.3, -0.25) is 9.36 Å². The van der Waals surface area contributed by atoms with Crippen LogP contribution in [0.15, 0.2) is 65.9 Å². The molecule has 1 aliphatic rings. The number of ether oxygens (including phenoxy) is 1. The molecule has 0 unspecified atom stereocenters. The average Bonchev–Trinajstić information content (AvgIpc) is 3.29. The number of aromatic nitrogens is 4. The third-order valence-corrected chi connectivity index (χ3v) is 6.16. The summed E-state index contributed by atoms with van der Waals surface area (Å²) < 4.78 is 7.53. The van der Waals surface area contributed by atoms with Crippen molar-refractivity contribution in [2.24, 2.45) is 5.10 Å². The number of carbonyl (C=O) groups excluding carboxylic acids is 1. The molecule has 0 bridgehead atoms. The van der Waals surface area contributed by atoms with E-state index >= 15 is 0 Å². The number of hydrogen-bond acceptors (Lipinski definition) is 8. The Hall–Kier alpha value is -4.27. The summed E-state index contributed by atoms with van der Waals surface area (Å²) in [5, 5.41) is 5.30. The van der Waals surface area contributed by atoms with Crippen LogP contribution in [0.3, 0.4) is 0 Å². The van der Waals surface area contributed by atoms with Crippen LogP contribution in [0.2, 0.25) is 0 Å². The maximum Gasteiger partial charge on any atom is 0.323 e. The lowest BCUT2D eigenvalue weighted by atomic mass is 10.1. The number of piperidine rings is 1. The smallest absolute Gasteiger partial charge is 0.323 e. The molecule has 2 aromatic carbocycles. The van der Waals surface area contributed by atoms with Crippen molar-refractivity contribution in [3.8, 4) is 6.01 Å². The predicted octanol–water partition coefficient (Wildman–Crippen LogP) is 4.54. The molecule has 9 nitrogen and oxygen atoms in total. The van der Waals surface area contributed by atoms with Crippen LogP contribution in [-0.4, -0.2) is 51.3 Å². The second-order valence-electron chi connectivity index (χ2n) is 8.73. The van der Waals surface area contributed by atoms with Gasteiger partial charge in [0.15, 0.2) is 0 Å². The van der Waals surface area contributed by atoms with Crippen molar-refractivity contribution in [1.82, 2.24) is 19.5 Å². The second-order valence-corrected chi connectivity index (χ2v) is 8.73. The molecular formula is C27H29N7O2. The molecule has 0 amide bonds. The maximum absolute atomic E-state index is 12.0. The van der Waals surface area contributed by atoms with Crippen LogP contribution in [0.1, 0.15) is 42.1 Å². The minimum absolute atomic E-state index is 0.0558. The predicted molar refractivity (Wildman–Crippen MR) is 141 cm³/mol. The zero-order chi connectivity index (χ0) is 24.7. The molecule has 0 saturated carbocycles. The molecule has 0 atom stereocenters. The first kappa shape index (κ1) is 23.5. The molecule has 0 spiro atoms. The molecule has 3 heterocycles. The minimum Gasteiger partial charge on any atom is -0.463 e. The van der Waals surface area contributed by atoms with Gasteiger partial charge in [0.1, 0.15) is 0 Å². The van der Waals surface area contributed by atoms with Crippen LogP contribution in [0.4, 0.5) is 11.9 Å². The summed E-state index contributed by atoms with van der Waals surface area (Å²) in [6, 6.07) is 18.2. The number of anilines is 2. The molecule has 4 aromatic rings. The summed E-state index contributed by atoms with van der Waals surface area (Å²) in [5.41, 5.74) is 5.78. The fraction of sp³-hybridized carbons (Fsp3) is 0.296. The van der Waals surface area contributed by atoms with Gasteiger partial charge in [-0.25, -0.2) is 5.43 Å². The number of nitrogens with one attached hydrogen (secondary N) is 1. The highest BCUT2D eigenvalue weighted by Crippen LogP contribution is 2.21. The van der Waals surface area contributed by atoms with E-state index in [4.69, 9.17) is 4.74 Å². The van der Waals surface area contributed by atoms with Gasteiger partial charge >= 0.3 is 6.01 Å². The van der Waals surface area contributed by atoms with E-state index in [-0.39, 0.29) is 11.9 Å². The van der Waals surface area contributed by atoms with Crippen molar-refractivity contribution in [3.63, 3.8) is 0 Å². The highest BCUT2D eigenvalue weighted by molar-refractivity contribution is 6.03. The quantitative estimate of drug-likeness (QED) is 0.290. The molecule has 1 N–H and O–H groups in total. The second kappa shape index (κ2) is 11.0. The third-order valence-electron chi connectivity index (χ3n) is 6.16. The summed E-state index contributed by atoms with van der Waals surface area (Å²) in [5.74, 6) is 0.844. The van der Waals surface area contributed by atoms with Crippen LogP contribution in [0.25, 0.3) is 10.9 Å². The van der Waals surface area contributed by atoms with Crippen LogP contribution < -0.4 is 15.1 Å². The molecule has 9 heteroatoms. The van der Waals surface area contributed by atoms with Crippen molar-refractivity contribution in [3.05, 3.63) is 71.9 Å². The lowest BCUT2D eigenvalue weighted by molar-refractivity contribution is 0.0941. The van der Waals surface area contributed by atoms with Gasteiger partial charge in [0.05, 0.1) is 18.3 Å². The fourth-order valence-corrected chi connectivity index (χ4v) is 4.33. The Labute approximate surface area is 209 Å². The van der Waals surface area contributed by atoms with Crippen molar-refractivity contribution < 1.29 is 9.53 Å². The largest absolute Gasteiger partial charge is 0.463 e. The van der Waals surface area contributed by atoms with E-state index in [0.29, 0.717) is 18.5 Å². The summed E-state index contributed by atoms with van der Waals surface area (Å²) in [6.45, 7) is 3.81. The number of hydrazone groups is 1. The lowest BCUT2D eigenvalue weighted by Crippen LogP contribution is -2.31. The van der Waals surface area contributed by atoms with E-state index in [2.05, 4.69) is 42.5 Å². The summed E-state index contributed by atoms with van der Waals surface area (Å²) >= 11 is 0. The molecule has 1 saturated heterocycles. The van der Waals surface area contributed by atoms with E-state index in [1.54, 1.807) is 17.0 Å². The van der Waals surface area contributed by atoms with Gasteiger partial charge in [-0.2, -0.15) is 20.1 Å². The standard InChI is InChI=1S/C27H29N7O2/c1-20(35)34-19-22(23-12-6-7-13-24(23)34)18-28-32-25-29-26(33-15-8-3-9-16-33)31-27(30-25)36-17-14-21-10-4-2-5-11-21/h2,4-7,10-13,18-19H,3,8-9,14-17H2,1H3,(H,29,30,31,32)/b28-18+. The van der Waals surface area contributed by atoms with Gasteiger partial charge in [-0.1, -0.05) is 48.5 Å². The first-order chi connectivity index (χ1) is 17.7. The Morgan fingerprint density at radius 1 is 1.03 bits per heavy atom. The van der Waals surface area contributed by atoms with Gasteiger partial charge in [0.25, 0.3) is 5.95 Å². The number of carbonyl (C=O) groups is 1. The lowest BCUT2D eigenvalue weighted by Gasteiger charge is -2.26. The van der Waals surface area contributed by atoms with E-state index < -0.39 is 0 Å². The molecule has 1 aliphatic heterocycles. The highest BCUT2D eigenvalue weighted by Gasteiger charge is 2.17. The number of hydrogen-bond donors (Lipinski definition) is 1. The van der Waals surface area contributed by atoms with Crippen LogP contribution in [-0.2, 0) is 6.42 Å². The SMILES string of the molecule is CC(=O)n1cc(/C=N/Nc2nc(OCCc3ccccc3)nc(N3CCCCC3)n2)c2ccccc21. The Kier molecular flexibility index (Phi) is 7.16. The molecular weight excluding hydrogens is 454 g/mol. The topological polar surface area (TPSA) is 97.5 Å². The zero-order valence-corrected chi connectivity index (χ0v) is 20.3. The molecule has 0 radical (unpaired) electrons. The molecule has 1 fully saturated rings. The Morgan fingerprint density at radius 2 is 1.81 bits per heavy atom. The summed E-state index contributed by atoms with van der Waals surface area (Å²) in [7, 11) is 0. The highest BCUT2D eigenvalue weighted by atomic mass is 16.5. The van der Waals surface area contributed by atoms with E-state index in [9.17, 15) is 4.79 Å². The first-order valence-corrected chi connectivity index (χ1v) is 12.3. The number of fused-ring (bicyclic) bond motifs is 1. The number of benzene rings is 2. The van der Waals surface area contributed by atoms with Crippen molar-refractivity contribution in [2.45, 2.75) is 32.6 Å². The van der Waals surface area contributed by atoms with E-state index in [0.717, 1.165) is 48.8 Å². The van der Waals surface area contributed by atoms with Gasteiger partial charge in [-0.15, -0.1) is 0 Å². The van der Waals surface area contributed by atoms with Crippen LogP contribution in [0, 0.1) is 0 Å². The molecule has 36 heavy (non-hydrogen) atoms. The van der Waals surface area contributed by atoms with E-state index in [1.807, 2.05) is 42.5 Å². The first-order valence-electron chi connectivity index (χ1n) is 12.3. The molecule has 0 aliphatic carbocycles. The number of para-hydroxylation sites is 1. The number of nitrogens with zero attached hydrogens (tertiary/aromatic N) is 6. The van der Waals surface area contributed by atoms with Gasteiger partial charge in [0, 0.05) is 43.6 Å². The van der Waals surface area contributed by atoms with Crippen LogP contribution >= 0.6 is 0 Å². The monoisotopic (exact) mass is 483 g/mol. The van der Waals surface area contributed by atoms with Crippen molar-refractivity contribution in [1.29, 1.82) is 0 Å².